The highest BCUT2D eigenvalue weighted by molar-refractivity contribution is 9.10. The number of hydrogen-bond acceptors (Lipinski definition) is 3. The van der Waals surface area contributed by atoms with Gasteiger partial charge in [0.25, 0.3) is 0 Å². The topological polar surface area (TPSA) is 44.5 Å². The molecular weight excluding hydrogens is 306 g/mol. The third kappa shape index (κ3) is 3.12. The molecule has 1 aliphatic heterocycles. The molecule has 4 heteroatoms. The summed E-state index contributed by atoms with van der Waals surface area (Å²) in [6.07, 6.45) is 2.83. The summed E-state index contributed by atoms with van der Waals surface area (Å²) in [7, 11) is 0. The van der Waals surface area contributed by atoms with Crippen LogP contribution in [0.25, 0.3) is 0 Å². The molecule has 2 rings (SSSR count). The van der Waals surface area contributed by atoms with Crippen LogP contribution in [-0.4, -0.2) is 18.8 Å². The van der Waals surface area contributed by atoms with Gasteiger partial charge >= 0.3 is 0 Å². The lowest BCUT2D eigenvalue weighted by atomic mass is 9.97. The molecule has 0 saturated carbocycles. The van der Waals surface area contributed by atoms with Gasteiger partial charge in [0.15, 0.2) is 0 Å². The molecule has 0 radical (unpaired) electrons. The fraction of sp³-hybridized carbons (Fsp3) is 0.600. The second-order valence-electron chi connectivity index (χ2n) is 5.03. The highest BCUT2D eigenvalue weighted by atomic mass is 79.9. The Bertz CT molecular complexity index is 436. The maximum atomic E-state index is 6.12. The van der Waals surface area contributed by atoms with Crippen molar-refractivity contribution >= 4 is 15.9 Å². The van der Waals surface area contributed by atoms with Crippen molar-refractivity contribution in [3.8, 4) is 5.75 Å². The van der Waals surface area contributed by atoms with Gasteiger partial charge in [-0.2, -0.15) is 0 Å². The second kappa shape index (κ2) is 6.25. The van der Waals surface area contributed by atoms with E-state index in [4.69, 9.17) is 15.2 Å². The van der Waals surface area contributed by atoms with Crippen molar-refractivity contribution in [2.75, 3.05) is 13.2 Å². The van der Waals surface area contributed by atoms with Crippen LogP contribution in [-0.2, 0) is 17.8 Å². The molecule has 1 heterocycles. The van der Waals surface area contributed by atoms with Crippen LogP contribution in [0.5, 0.6) is 5.75 Å². The van der Waals surface area contributed by atoms with Gasteiger partial charge in [-0.25, -0.2) is 0 Å². The number of fused-ring (bicyclic) bond motifs is 1. The Morgan fingerprint density at radius 2 is 2.11 bits per heavy atom. The quantitative estimate of drug-likeness (QED) is 0.870. The Labute approximate surface area is 123 Å². The highest BCUT2D eigenvalue weighted by Crippen LogP contribution is 2.34. The van der Waals surface area contributed by atoms with Crippen molar-refractivity contribution in [2.45, 2.75) is 45.3 Å². The fourth-order valence-corrected chi connectivity index (χ4v) is 3.04. The van der Waals surface area contributed by atoms with Gasteiger partial charge < -0.3 is 15.2 Å². The number of hydrogen-bond donors (Lipinski definition) is 1. The summed E-state index contributed by atoms with van der Waals surface area (Å²) in [6.45, 7) is 6.12. The van der Waals surface area contributed by atoms with Crippen LogP contribution in [0, 0.1) is 0 Å². The summed E-state index contributed by atoms with van der Waals surface area (Å²) in [6, 6.07) is 4.21. The predicted molar refractivity (Wildman–Crippen MR) is 80.5 cm³/mol. The van der Waals surface area contributed by atoms with Crippen molar-refractivity contribution in [2.24, 2.45) is 5.73 Å². The number of halogens is 1. The smallest absolute Gasteiger partial charge is 0.128 e. The zero-order valence-electron chi connectivity index (χ0n) is 11.7. The SMILES string of the molecule is CCC(CC)(CN)OCc1cc(Br)cc2c1OCC2. The van der Waals surface area contributed by atoms with Crippen LogP contribution in [0.4, 0.5) is 0 Å². The molecule has 1 aliphatic rings. The minimum Gasteiger partial charge on any atom is -0.493 e. The van der Waals surface area contributed by atoms with Gasteiger partial charge in [-0.05, 0) is 30.5 Å². The van der Waals surface area contributed by atoms with E-state index >= 15 is 0 Å². The van der Waals surface area contributed by atoms with Crippen LogP contribution in [0.2, 0.25) is 0 Å². The van der Waals surface area contributed by atoms with Crippen LogP contribution < -0.4 is 10.5 Å². The van der Waals surface area contributed by atoms with Crippen molar-refractivity contribution in [3.05, 3.63) is 27.7 Å². The molecule has 0 saturated heterocycles. The Kier molecular flexibility index (Phi) is 4.87. The third-order valence-corrected chi connectivity index (χ3v) is 4.48. The van der Waals surface area contributed by atoms with Gasteiger partial charge in [0.1, 0.15) is 5.75 Å². The monoisotopic (exact) mass is 327 g/mol. The summed E-state index contributed by atoms with van der Waals surface area (Å²) in [5, 5.41) is 0. The van der Waals surface area contributed by atoms with E-state index in [2.05, 4.69) is 41.9 Å². The Morgan fingerprint density at radius 1 is 1.37 bits per heavy atom. The van der Waals surface area contributed by atoms with Crippen LogP contribution in [0.15, 0.2) is 16.6 Å². The first-order chi connectivity index (χ1) is 9.14. The molecule has 1 aromatic carbocycles. The maximum Gasteiger partial charge on any atom is 0.128 e. The molecule has 106 valence electrons. The average molecular weight is 328 g/mol. The van der Waals surface area contributed by atoms with E-state index in [-0.39, 0.29) is 5.60 Å². The van der Waals surface area contributed by atoms with Gasteiger partial charge in [-0.3, -0.25) is 0 Å². The number of ether oxygens (including phenoxy) is 2. The number of rotatable bonds is 6. The fourth-order valence-electron chi connectivity index (χ4n) is 2.49. The van der Waals surface area contributed by atoms with Crippen molar-refractivity contribution in [1.29, 1.82) is 0 Å². The molecule has 3 nitrogen and oxygen atoms in total. The Balaban J connectivity index is 2.16. The van der Waals surface area contributed by atoms with Gasteiger partial charge in [-0.15, -0.1) is 0 Å². The van der Waals surface area contributed by atoms with E-state index in [1.54, 1.807) is 0 Å². The second-order valence-corrected chi connectivity index (χ2v) is 5.95. The van der Waals surface area contributed by atoms with Gasteiger partial charge in [-0.1, -0.05) is 29.8 Å². The maximum absolute atomic E-state index is 6.12. The third-order valence-electron chi connectivity index (χ3n) is 4.02. The highest BCUT2D eigenvalue weighted by Gasteiger charge is 2.26. The molecule has 0 fully saturated rings. The molecule has 0 spiro atoms. The van der Waals surface area contributed by atoms with E-state index in [1.165, 1.54) is 5.56 Å². The lowest BCUT2D eigenvalue weighted by molar-refractivity contribution is -0.0558. The first-order valence-electron chi connectivity index (χ1n) is 6.92. The summed E-state index contributed by atoms with van der Waals surface area (Å²) in [4.78, 5) is 0. The van der Waals surface area contributed by atoms with Crippen molar-refractivity contribution in [1.82, 2.24) is 0 Å². The normalized spacial score (nSPS) is 14.3. The molecule has 1 aromatic rings. The van der Waals surface area contributed by atoms with E-state index in [0.29, 0.717) is 13.2 Å². The average Bonchev–Trinajstić information content (AvgIpc) is 2.88. The molecule has 0 atom stereocenters. The first-order valence-corrected chi connectivity index (χ1v) is 7.71. The minimum absolute atomic E-state index is 0.214. The van der Waals surface area contributed by atoms with Gasteiger partial charge in [0, 0.05) is 23.0 Å². The van der Waals surface area contributed by atoms with E-state index in [9.17, 15) is 0 Å². The molecule has 0 bridgehead atoms. The first kappa shape index (κ1) is 14.8. The Hall–Kier alpha value is -0.580. The molecular formula is C15H22BrNO2. The number of nitrogens with two attached hydrogens (primary N) is 1. The molecule has 0 aliphatic carbocycles. The molecule has 0 unspecified atom stereocenters. The zero-order valence-corrected chi connectivity index (χ0v) is 13.3. The minimum atomic E-state index is -0.214. The molecule has 0 aromatic heterocycles. The lowest BCUT2D eigenvalue weighted by Gasteiger charge is -2.30. The zero-order chi connectivity index (χ0) is 13.9. The van der Waals surface area contributed by atoms with Crippen molar-refractivity contribution in [3.63, 3.8) is 0 Å². The molecule has 2 N–H and O–H groups in total. The van der Waals surface area contributed by atoms with Crippen molar-refractivity contribution < 1.29 is 9.47 Å². The largest absolute Gasteiger partial charge is 0.493 e. The van der Waals surface area contributed by atoms with E-state index < -0.39 is 0 Å². The summed E-state index contributed by atoms with van der Waals surface area (Å²) >= 11 is 3.55. The summed E-state index contributed by atoms with van der Waals surface area (Å²) in [5.74, 6) is 1.00. The van der Waals surface area contributed by atoms with Crippen LogP contribution in [0.1, 0.15) is 37.8 Å². The van der Waals surface area contributed by atoms with Crippen LogP contribution in [0.3, 0.4) is 0 Å². The summed E-state index contributed by atoms with van der Waals surface area (Å²) < 4.78 is 12.9. The van der Waals surface area contributed by atoms with Crippen LogP contribution >= 0.6 is 15.9 Å². The lowest BCUT2D eigenvalue weighted by Crippen LogP contribution is -2.39. The predicted octanol–water partition coefficient (Wildman–Crippen LogP) is 3.42. The molecule has 0 amide bonds. The van der Waals surface area contributed by atoms with Gasteiger partial charge in [0.05, 0.1) is 18.8 Å². The van der Waals surface area contributed by atoms with E-state index in [0.717, 1.165) is 41.7 Å². The van der Waals surface area contributed by atoms with E-state index in [1.807, 2.05) is 0 Å². The summed E-state index contributed by atoms with van der Waals surface area (Å²) in [5.41, 5.74) is 8.03. The standard InChI is InChI=1S/C15H22BrNO2/c1-3-15(4-2,10-17)19-9-12-8-13(16)7-11-5-6-18-14(11)12/h7-8H,3-6,9-10,17H2,1-2H3. The Morgan fingerprint density at radius 3 is 2.74 bits per heavy atom. The molecule has 19 heavy (non-hydrogen) atoms. The van der Waals surface area contributed by atoms with Gasteiger partial charge in [0.2, 0.25) is 0 Å². The number of benzene rings is 1.